The number of nitrogens with one attached hydrogen (secondary N) is 1. The summed E-state index contributed by atoms with van der Waals surface area (Å²) in [5, 5.41) is 3.27. The Morgan fingerprint density at radius 2 is 1.06 bits per heavy atom. The molecule has 1 N–H and O–H groups in total. The number of anilines is 1. The van der Waals surface area contributed by atoms with Gasteiger partial charge in [-0.25, -0.2) is 8.78 Å². The zero-order chi connectivity index (χ0) is 22.8. The van der Waals surface area contributed by atoms with Gasteiger partial charge >= 0.3 is 0 Å². The SMILES string of the molecule is C.C.CN1CCN(c2cc(F)cc(Br)c2)CC1.CN1CCNCC1.Fc1cc(Br)cc(Br)c1. The van der Waals surface area contributed by atoms with Gasteiger partial charge in [-0.05, 0) is 50.5 Å². The molecule has 0 aliphatic carbocycles. The Hall–Kier alpha value is -0.580. The van der Waals surface area contributed by atoms with Gasteiger partial charge in [-0.1, -0.05) is 62.6 Å². The monoisotopic (exact) mass is 656 g/mol. The van der Waals surface area contributed by atoms with Crippen LogP contribution in [0.4, 0.5) is 14.5 Å². The zero-order valence-corrected chi connectivity index (χ0v) is 22.6. The maximum Gasteiger partial charge on any atom is 0.126 e. The summed E-state index contributed by atoms with van der Waals surface area (Å²) in [6.45, 7) is 8.74. The average molecular weight is 659 g/mol. The molecule has 0 saturated carbocycles. The molecule has 0 radical (unpaired) electrons. The van der Waals surface area contributed by atoms with Gasteiger partial charge in [0.2, 0.25) is 0 Å². The quantitative estimate of drug-likeness (QED) is 0.379. The number of likely N-dealkylation sites (N-methyl/N-ethyl adjacent to an activating group) is 2. The van der Waals surface area contributed by atoms with Crippen molar-refractivity contribution < 1.29 is 8.78 Å². The molecule has 2 aromatic rings. The van der Waals surface area contributed by atoms with Crippen molar-refractivity contribution in [2.24, 2.45) is 0 Å². The Balaban J connectivity index is 0.000000491. The number of hydrogen-bond acceptors (Lipinski definition) is 4. The van der Waals surface area contributed by atoms with E-state index in [0.717, 1.165) is 58.4 Å². The smallest absolute Gasteiger partial charge is 0.126 e. The van der Waals surface area contributed by atoms with Gasteiger partial charge in [-0.15, -0.1) is 0 Å². The predicted molar refractivity (Wildman–Crippen MR) is 149 cm³/mol. The lowest BCUT2D eigenvalue weighted by Crippen LogP contribution is -2.44. The minimum atomic E-state index is -0.240. The van der Waals surface area contributed by atoms with Crippen molar-refractivity contribution >= 4 is 53.5 Å². The van der Waals surface area contributed by atoms with Gasteiger partial charge < -0.3 is 20.0 Å². The third-order valence-corrected chi connectivity index (χ3v) is 6.26. The summed E-state index contributed by atoms with van der Waals surface area (Å²) in [6.07, 6.45) is 0. The highest BCUT2D eigenvalue weighted by atomic mass is 79.9. The zero-order valence-electron chi connectivity index (χ0n) is 17.9. The molecule has 33 heavy (non-hydrogen) atoms. The Bertz CT molecular complexity index is 742. The molecule has 0 unspecified atom stereocenters. The normalized spacial score (nSPS) is 16.3. The molecule has 4 nitrogen and oxygen atoms in total. The summed E-state index contributed by atoms with van der Waals surface area (Å²) < 4.78 is 27.9. The molecule has 2 aliphatic rings. The summed E-state index contributed by atoms with van der Waals surface area (Å²) >= 11 is 9.60. The third-order valence-electron chi connectivity index (χ3n) is 4.88. The van der Waals surface area contributed by atoms with E-state index in [2.05, 4.69) is 81.9 Å². The second kappa shape index (κ2) is 16.9. The molecule has 0 amide bonds. The highest BCUT2D eigenvalue weighted by molar-refractivity contribution is 9.11. The van der Waals surface area contributed by atoms with E-state index in [0.29, 0.717) is 0 Å². The van der Waals surface area contributed by atoms with Crippen molar-refractivity contribution in [3.8, 4) is 0 Å². The van der Waals surface area contributed by atoms with Gasteiger partial charge in [-0.3, -0.25) is 0 Å². The van der Waals surface area contributed by atoms with Gasteiger partial charge in [0, 0.05) is 71.5 Å². The first-order valence-electron chi connectivity index (χ1n) is 10.1. The van der Waals surface area contributed by atoms with Crippen LogP contribution in [-0.4, -0.2) is 76.3 Å². The van der Waals surface area contributed by atoms with Gasteiger partial charge in [0.15, 0.2) is 0 Å². The van der Waals surface area contributed by atoms with E-state index >= 15 is 0 Å². The fraction of sp³-hybridized carbons (Fsp3) is 0.500. The Kier molecular flexibility index (Phi) is 16.6. The van der Waals surface area contributed by atoms with Crippen molar-refractivity contribution in [1.82, 2.24) is 15.1 Å². The van der Waals surface area contributed by atoms with Gasteiger partial charge in [-0.2, -0.15) is 0 Å². The van der Waals surface area contributed by atoms with Crippen molar-refractivity contribution in [2.45, 2.75) is 14.9 Å². The van der Waals surface area contributed by atoms with E-state index in [-0.39, 0.29) is 26.5 Å². The first-order valence-corrected chi connectivity index (χ1v) is 12.5. The molecule has 9 heteroatoms. The average Bonchev–Trinajstić information content (AvgIpc) is 2.68. The van der Waals surface area contributed by atoms with E-state index in [4.69, 9.17) is 0 Å². The van der Waals surface area contributed by atoms with Gasteiger partial charge in [0.05, 0.1) is 0 Å². The molecular weight excluding hydrogens is 622 g/mol. The highest BCUT2D eigenvalue weighted by Crippen LogP contribution is 2.23. The topological polar surface area (TPSA) is 21.8 Å². The van der Waals surface area contributed by atoms with Crippen LogP contribution >= 0.6 is 47.8 Å². The largest absolute Gasteiger partial charge is 0.369 e. The summed E-state index contributed by atoms with van der Waals surface area (Å²) in [7, 11) is 4.26. The Morgan fingerprint density at radius 1 is 0.636 bits per heavy atom. The molecule has 2 saturated heterocycles. The van der Waals surface area contributed by atoms with E-state index in [9.17, 15) is 8.78 Å². The van der Waals surface area contributed by atoms with Crippen LogP contribution in [0.2, 0.25) is 0 Å². The van der Waals surface area contributed by atoms with Crippen molar-refractivity contribution in [1.29, 1.82) is 0 Å². The molecular formula is C24H37Br3F2N4. The minimum Gasteiger partial charge on any atom is -0.369 e. The molecule has 2 fully saturated rings. The van der Waals surface area contributed by atoms with E-state index in [1.54, 1.807) is 12.1 Å². The standard InChI is InChI=1S/C11H14BrFN2.C6H3Br2F.C5H12N2.2CH4/c1-14-2-4-15(5-3-14)11-7-9(12)6-10(13)8-11;7-4-1-5(8)3-6(9)2-4;1-7-4-2-6-3-5-7;;/h6-8H,2-5H2,1H3;1-3H;6H,2-5H2,1H3;2*1H4. The van der Waals surface area contributed by atoms with Crippen LogP contribution in [0.25, 0.3) is 0 Å². The summed E-state index contributed by atoms with van der Waals surface area (Å²) in [4.78, 5) is 6.83. The maximum atomic E-state index is 13.2. The lowest BCUT2D eigenvalue weighted by molar-refractivity contribution is 0.291. The fourth-order valence-corrected chi connectivity index (χ4v) is 4.77. The molecule has 4 rings (SSSR count). The number of piperazine rings is 2. The number of benzene rings is 2. The molecule has 188 valence electrons. The Morgan fingerprint density at radius 3 is 1.45 bits per heavy atom. The van der Waals surface area contributed by atoms with Crippen LogP contribution in [0.3, 0.4) is 0 Å². The molecule has 2 aliphatic heterocycles. The minimum absolute atomic E-state index is 0. The van der Waals surface area contributed by atoms with Crippen molar-refractivity contribution in [3.05, 3.63) is 61.5 Å². The highest BCUT2D eigenvalue weighted by Gasteiger charge is 2.15. The Labute approximate surface area is 224 Å². The predicted octanol–water partition coefficient (Wildman–Crippen LogP) is 6.48. The first-order chi connectivity index (χ1) is 14.7. The van der Waals surface area contributed by atoms with Crippen LogP contribution in [-0.2, 0) is 0 Å². The summed E-state index contributed by atoms with van der Waals surface area (Å²) in [6, 6.07) is 9.64. The van der Waals surface area contributed by atoms with Crippen LogP contribution in [0, 0.1) is 11.6 Å². The first kappa shape index (κ1) is 32.4. The van der Waals surface area contributed by atoms with Gasteiger partial charge in [0.25, 0.3) is 0 Å². The van der Waals surface area contributed by atoms with E-state index in [1.165, 1.54) is 31.3 Å². The van der Waals surface area contributed by atoms with Crippen LogP contribution in [0.15, 0.2) is 49.8 Å². The molecule has 0 spiro atoms. The van der Waals surface area contributed by atoms with Crippen molar-refractivity contribution in [2.75, 3.05) is 71.4 Å². The van der Waals surface area contributed by atoms with E-state index < -0.39 is 0 Å². The van der Waals surface area contributed by atoms with Crippen molar-refractivity contribution in [3.63, 3.8) is 0 Å². The molecule has 2 heterocycles. The number of rotatable bonds is 1. The number of nitrogens with zero attached hydrogens (tertiary/aromatic N) is 3. The maximum absolute atomic E-state index is 13.2. The summed E-state index contributed by atoms with van der Waals surface area (Å²) in [5.74, 6) is -0.422. The summed E-state index contributed by atoms with van der Waals surface area (Å²) in [5.41, 5.74) is 0.968. The lowest BCUT2D eigenvalue weighted by Gasteiger charge is -2.34. The third kappa shape index (κ3) is 13.2. The van der Waals surface area contributed by atoms with E-state index in [1.807, 2.05) is 6.07 Å². The number of hydrogen-bond donors (Lipinski definition) is 1. The second-order valence-electron chi connectivity index (χ2n) is 7.56. The van der Waals surface area contributed by atoms with Gasteiger partial charge in [0.1, 0.15) is 11.6 Å². The van der Waals surface area contributed by atoms with Crippen LogP contribution in [0.5, 0.6) is 0 Å². The molecule has 0 atom stereocenters. The number of halogens is 5. The fourth-order valence-electron chi connectivity index (χ4n) is 3.08. The molecule has 0 aromatic heterocycles. The van der Waals surface area contributed by atoms with Crippen LogP contribution < -0.4 is 10.2 Å². The molecule has 2 aromatic carbocycles. The second-order valence-corrected chi connectivity index (χ2v) is 10.3. The van der Waals surface area contributed by atoms with Crippen LogP contribution in [0.1, 0.15) is 14.9 Å². The lowest BCUT2D eigenvalue weighted by atomic mass is 10.2. The molecule has 0 bridgehead atoms.